The summed E-state index contributed by atoms with van der Waals surface area (Å²) in [6, 6.07) is -0.955. The van der Waals surface area contributed by atoms with Crippen molar-refractivity contribution < 1.29 is 27.9 Å². The lowest BCUT2D eigenvalue weighted by Crippen LogP contribution is -2.40. The van der Waals surface area contributed by atoms with Crippen LogP contribution in [0, 0.1) is 11.3 Å². The summed E-state index contributed by atoms with van der Waals surface area (Å²) in [4.78, 5) is 21.1. The number of hydrogen-bond acceptors (Lipinski definition) is 2. The predicted molar refractivity (Wildman–Crippen MR) is 42.9 cm³/mol. The van der Waals surface area contributed by atoms with E-state index in [-0.39, 0.29) is 0 Å². The Labute approximate surface area is 83.5 Å². The number of carbonyl (C=O) groups is 2. The number of nitrogens with one attached hydrogen (secondary N) is 1. The third-order valence-corrected chi connectivity index (χ3v) is 2.64. The molecule has 0 unspecified atom stereocenters. The van der Waals surface area contributed by atoms with E-state index < -0.39 is 35.4 Å². The van der Waals surface area contributed by atoms with Gasteiger partial charge in [-0.05, 0) is 0 Å². The second kappa shape index (κ2) is 3.11. The summed E-state index contributed by atoms with van der Waals surface area (Å²) in [5, 5.41) is 10.3. The topological polar surface area (TPSA) is 66.4 Å². The normalized spacial score (nSPS) is 28.3. The third-order valence-electron chi connectivity index (χ3n) is 2.64. The maximum Gasteiger partial charge on any atom is 0.471 e. The van der Waals surface area contributed by atoms with Gasteiger partial charge in [-0.2, -0.15) is 13.2 Å². The van der Waals surface area contributed by atoms with Crippen LogP contribution in [0.3, 0.4) is 0 Å². The molecule has 0 saturated heterocycles. The zero-order chi connectivity index (χ0) is 12.0. The molecule has 2 N–H and O–H groups in total. The summed E-state index contributed by atoms with van der Waals surface area (Å²) < 4.78 is 35.6. The number of halogens is 3. The van der Waals surface area contributed by atoms with E-state index in [1.54, 1.807) is 5.32 Å². The molecule has 15 heavy (non-hydrogen) atoms. The van der Waals surface area contributed by atoms with Crippen LogP contribution in [0.2, 0.25) is 0 Å². The van der Waals surface area contributed by atoms with Crippen molar-refractivity contribution in [3.8, 4) is 0 Å². The molecular weight excluding hydrogens is 215 g/mol. The fourth-order valence-corrected chi connectivity index (χ4v) is 1.59. The lowest BCUT2D eigenvalue weighted by atomic mass is 10.1. The lowest BCUT2D eigenvalue weighted by Gasteiger charge is -2.08. The molecule has 0 aliphatic heterocycles. The summed E-state index contributed by atoms with van der Waals surface area (Å²) in [6.45, 7) is 2.99. The Kier molecular flexibility index (Phi) is 2.45. The molecule has 1 fully saturated rings. The SMILES string of the molecule is CC1(C)[C@H](C(=O)O)[C@@H]1NC(=O)C(F)(F)F. The second-order valence-electron chi connectivity index (χ2n) is 4.09. The van der Waals surface area contributed by atoms with E-state index in [1.807, 2.05) is 0 Å². The molecule has 0 bridgehead atoms. The van der Waals surface area contributed by atoms with Crippen molar-refractivity contribution >= 4 is 11.9 Å². The van der Waals surface area contributed by atoms with Gasteiger partial charge in [-0.15, -0.1) is 0 Å². The van der Waals surface area contributed by atoms with Gasteiger partial charge in [0.05, 0.1) is 5.92 Å². The van der Waals surface area contributed by atoms with Crippen LogP contribution in [0.5, 0.6) is 0 Å². The minimum Gasteiger partial charge on any atom is -0.481 e. The van der Waals surface area contributed by atoms with Gasteiger partial charge in [0.25, 0.3) is 0 Å². The Morgan fingerprint density at radius 3 is 2.07 bits per heavy atom. The van der Waals surface area contributed by atoms with Crippen LogP contribution in [0.25, 0.3) is 0 Å². The second-order valence-corrected chi connectivity index (χ2v) is 4.09. The molecule has 0 aromatic heterocycles. The first-order chi connectivity index (χ1) is 6.58. The van der Waals surface area contributed by atoms with Crippen molar-refractivity contribution in [1.29, 1.82) is 0 Å². The standard InChI is InChI=1S/C8H10F3NO3/c1-7(2)3(5(13)14)4(7)12-6(15)8(9,10)11/h3-4H,1-2H3,(H,12,15)(H,13,14)/t3-,4-/m0/s1. The fourth-order valence-electron chi connectivity index (χ4n) is 1.59. The van der Waals surface area contributed by atoms with Crippen LogP contribution in [-0.2, 0) is 9.59 Å². The number of hydrogen-bond donors (Lipinski definition) is 2. The summed E-state index contributed by atoms with van der Waals surface area (Å²) >= 11 is 0. The molecule has 0 radical (unpaired) electrons. The molecule has 2 atom stereocenters. The summed E-state index contributed by atoms with van der Waals surface area (Å²) in [6.07, 6.45) is -4.97. The van der Waals surface area contributed by atoms with Crippen LogP contribution in [0.15, 0.2) is 0 Å². The molecule has 7 heteroatoms. The molecule has 1 aliphatic rings. The quantitative estimate of drug-likeness (QED) is 0.729. The molecule has 0 spiro atoms. The number of carboxylic acids is 1. The van der Waals surface area contributed by atoms with Crippen molar-refractivity contribution in [3.63, 3.8) is 0 Å². The largest absolute Gasteiger partial charge is 0.481 e. The van der Waals surface area contributed by atoms with Crippen LogP contribution >= 0.6 is 0 Å². The first-order valence-electron chi connectivity index (χ1n) is 4.19. The number of alkyl halides is 3. The first-order valence-corrected chi connectivity index (χ1v) is 4.19. The van der Waals surface area contributed by atoms with E-state index in [1.165, 1.54) is 13.8 Å². The maximum absolute atomic E-state index is 11.9. The van der Waals surface area contributed by atoms with Gasteiger partial charge in [0.15, 0.2) is 0 Å². The van der Waals surface area contributed by atoms with Gasteiger partial charge in [-0.3, -0.25) is 9.59 Å². The van der Waals surface area contributed by atoms with E-state index in [0.29, 0.717) is 0 Å². The van der Waals surface area contributed by atoms with Gasteiger partial charge in [0, 0.05) is 11.5 Å². The minimum absolute atomic E-state index is 0.827. The molecule has 86 valence electrons. The molecule has 1 amide bonds. The molecular formula is C8H10F3NO3. The first kappa shape index (κ1) is 11.8. The lowest BCUT2D eigenvalue weighted by molar-refractivity contribution is -0.174. The Morgan fingerprint density at radius 1 is 1.33 bits per heavy atom. The third kappa shape index (κ3) is 2.05. The van der Waals surface area contributed by atoms with Crippen molar-refractivity contribution in [1.82, 2.24) is 5.32 Å². The van der Waals surface area contributed by atoms with E-state index in [0.717, 1.165) is 0 Å². The fraction of sp³-hybridized carbons (Fsp3) is 0.750. The minimum atomic E-state index is -4.97. The van der Waals surface area contributed by atoms with Crippen LogP contribution in [-0.4, -0.2) is 29.2 Å². The highest BCUT2D eigenvalue weighted by Crippen LogP contribution is 2.52. The number of amides is 1. The van der Waals surface area contributed by atoms with Gasteiger partial charge >= 0.3 is 18.1 Å². The zero-order valence-electron chi connectivity index (χ0n) is 8.05. The van der Waals surface area contributed by atoms with Crippen LogP contribution < -0.4 is 5.32 Å². The highest BCUT2D eigenvalue weighted by molar-refractivity contribution is 5.85. The monoisotopic (exact) mass is 225 g/mol. The van der Waals surface area contributed by atoms with Gasteiger partial charge in [-0.1, -0.05) is 13.8 Å². The summed E-state index contributed by atoms with van der Waals surface area (Å²) in [5.41, 5.74) is -0.827. The van der Waals surface area contributed by atoms with E-state index in [4.69, 9.17) is 5.11 Å². The highest BCUT2D eigenvalue weighted by atomic mass is 19.4. The Morgan fingerprint density at radius 2 is 1.80 bits per heavy atom. The predicted octanol–water partition coefficient (Wildman–Crippen LogP) is 0.774. The average Bonchev–Trinajstić information content (AvgIpc) is 2.50. The molecule has 0 aromatic carbocycles. The molecule has 0 aromatic rings. The molecule has 1 saturated carbocycles. The number of carbonyl (C=O) groups excluding carboxylic acids is 1. The Balaban J connectivity index is 2.64. The average molecular weight is 225 g/mol. The number of carboxylic acid groups (broad SMARTS) is 1. The van der Waals surface area contributed by atoms with E-state index in [9.17, 15) is 22.8 Å². The van der Waals surface area contributed by atoms with Gasteiger partial charge in [0.1, 0.15) is 0 Å². The van der Waals surface area contributed by atoms with Gasteiger partial charge in [-0.25, -0.2) is 0 Å². The van der Waals surface area contributed by atoms with Gasteiger partial charge in [0.2, 0.25) is 0 Å². The zero-order valence-corrected chi connectivity index (χ0v) is 8.05. The summed E-state index contributed by atoms with van der Waals surface area (Å²) in [7, 11) is 0. The van der Waals surface area contributed by atoms with Crippen LogP contribution in [0.1, 0.15) is 13.8 Å². The maximum atomic E-state index is 11.9. The Bertz CT molecular complexity index is 311. The van der Waals surface area contributed by atoms with Crippen molar-refractivity contribution in [3.05, 3.63) is 0 Å². The van der Waals surface area contributed by atoms with E-state index >= 15 is 0 Å². The van der Waals surface area contributed by atoms with Crippen molar-refractivity contribution in [2.75, 3.05) is 0 Å². The molecule has 0 heterocycles. The van der Waals surface area contributed by atoms with Crippen molar-refractivity contribution in [2.24, 2.45) is 11.3 Å². The van der Waals surface area contributed by atoms with Gasteiger partial charge < -0.3 is 10.4 Å². The number of aliphatic carboxylic acids is 1. The number of rotatable bonds is 2. The van der Waals surface area contributed by atoms with Crippen LogP contribution in [0.4, 0.5) is 13.2 Å². The smallest absolute Gasteiger partial charge is 0.471 e. The van der Waals surface area contributed by atoms with E-state index in [2.05, 4.69) is 0 Å². The molecule has 1 aliphatic carbocycles. The molecule has 4 nitrogen and oxygen atoms in total. The van der Waals surface area contributed by atoms with Crippen molar-refractivity contribution in [2.45, 2.75) is 26.1 Å². The Hall–Kier alpha value is -1.27. The molecule has 1 rings (SSSR count). The highest BCUT2D eigenvalue weighted by Gasteiger charge is 2.64. The summed E-state index contributed by atoms with van der Waals surface area (Å²) in [5.74, 6) is -4.25.